The Hall–Kier alpha value is -1.17. The number of fused-ring (bicyclic) bond motifs is 1. The first-order valence-corrected chi connectivity index (χ1v) is 7.84. The maximum atomic E-state index is 13.6. The molecule has 1 aromatic heterocycles. The van der Waals surface area contributed by atoms with Crippen LogP contribution >= 0.6 is 11.8 Å². The van der Waals surface area contributed by atoms with Crippen LogP contribution < -0.4 is 5.32 Å². The zero-order valence-electron chi connectivity index (χ0n) is 11.6. The van der Waals surface area contributed by atoms with E-state index in [1.54, 1.807) is 24.0 Å². The molecular weight excluding hydrogens is 275 g/mol. The number of thioether (sulfide) groups is 1. The van der Waals surface area contributed by atoms with Gasteiger partial charge in [-0.1, -0.05) is 6.07 Å². The summed E-state index contributed by atoms with van der Waals surface area (Å²) in [6, 6.07) is 6.81. The molecule has 1 heterocycles. The van der Waals surface area contributed by atoms with E-state index in [0.717, 1.165) is 16.5 Å². The van der Waals surface area contributed by atoms with E-state index in [4.69, 9.17) is 0 Å². The van der Waals surface area contributed by atoms with E-state index in [1.165, 1.54) is 12.1 Å². The molecule has 20 heavy (non-hydrogen) atoms. The minimum Gasteiger partial charge on any atom is -0.395 e. The number of nitrogens with one attached hydrogen (secondary N) is 1. The number of hydrogen-bond donors (Lipinski definition) is 2. The van der Waals surface area contributed by atoms with Gasteiger partial charge in [0.05, 0.1) is 12.1 Å². The molecule has 0 saturated heterocycles. The van der Waals surface area contributed by atoms with Gasteiger partial charge < -0.3 is 10.4 Å². The molecule has 0 radical (unpaired) electrons. The van der Waals surface area contributed by atoms with E-state index in [2.05, 4.69) is 10.3 Å². The number of pyridine rings is 1. The lowest BCUT2D eigenvalue weighted by Crippen LogP contribution is -2.37. The molecule has 0 amide bonds. The molecule has 2 N–H and O–H groups in total. The normalized spacial score (nSPS) is 14.4. The lowest BCUT2D eigenvalue weighted by molar-refractivity contribution is 0.276. The Morgan fingerprint density at radius 3 is 2.95 bits per heavy atom. The molecule has 2 aromatic rings. The molecule has 3 nitrogen and oxygen atoms in total. The van der Waals surface area contributed by atoms with Crippen molar-refractivity contribution in [1.82, 2.24) is 10.3 Å². The largest absolute Gasteiger partial charge is 0.395 e. The molecule has 0 aliphatic rings. The number of halogens is 1. The van der Waals surface area contributed by atoms with Crippen LogP contribution in [0.15, 0.2) is 30.5 Å². The van der Waals surface area contributed by atoms with Gasteiger partial charge in [-0.2, -0.15) is 11.8 Å². The van der Waals surface area contributed by atoms with Crippen LogP contribution in [0.25, 0.3) is 10.9 Å². The van der Waals surface area contributed by atoms with Crippen LogP contribution in [0.1, 0.15) is 12.5 Å². The van der Waals surface area contributed by atoms with Crippen LogP contribution in [0.4, 0.5) is 4.39 Å². The summed E-state index contributed by atoms with van der Waals surface area (Å²) in [5.74, 6) is -0.251. The lowest BCUT2D eigenvalue weighted by atomic mass is 10.1. The van der Waals surface area contributed by atoms with Crippen molar-refractivity contribution in [3.05, 3.63) is 41.8 Å². The van der Waals surface area contributed by atoms with Crippen LogP contribution in [-0.4, -0.2) is 34.2 Å². The Balaban J connectivity index is 2.17. The highest BCUT2D eigenvalue weighted by atomic mass is 32.2. The Bertz CT molecular complexity index is 575. The second-order valence-electron chi connectivity index (χ2n) is 4.77. The zero-order chi connectivity index (χ0) is 14.5. The highest BCUT2D eigenvalue weighted by molar-refractivity contribution is 7.99. The van der Waals surface area contributed by atoms with Crippen molar-refractivity contribution in [2.75, 3.05) is 12.9 Å². The molecule has 2 atom stereocenters. The SMILES string of the molecule is CSC(CO)C(C)NCc1cc(F)cc2cccnc12. The second-order valence-corrected chi connectivity index (χ2v) is 5.84. The molecule has 0 bridgehead atoms. The summed E-state index contributed by atoms with van der Waals surface area (Å²) < 4.78 is 13.6. The van der Waals surface area contributed by atoms with Crippen molar-refractivity contribution in [1.29, 1.82) is 0 Å². The molecule has 0 spiro atoms. The first-order valence-electron chi connectivity index (χ1n) is 6.56. The fraction of sp³-hybridized carbons (Fsp3) is 0.400. The summed E-state index contributed by atoms with van der Waals surface area (Å²) >= 11 is 1.62. The molecule has 2 unspecified atom stereocenters. The number of aliphatic hydroxyl groups excluding tert-OH is 1. The van der Waals surface area contributed by atoms with Crippen molar-refractivity contribution in [2.45, 2.75) is 24.8 Å². The number of aromatic nitrogens is 1. The third kappa shape index (κ3) is 3.48. The van der Waals surface area contributed by atoms with Gasteiger partial charge in [0.15, 0.2) is 0 Å². The fourth-order valence-corrected chi connectivity index (χ4v) is 2.86. The van der Waals surface area contributed by atoms with Crippen LogP contribution in [0.5, 0.6) is 0 Å². The molecule has 0 aliphatic heterocycles. The van der Waals surface area contributed by atoms with Crippen LogP contribution in [-0.2, 0) is 6.54 Å². The quantitative estimate of drug-likeness (QED) is 0.859. The number of nitrogens with zero attached hydrogens (tertiary/aromatic N) is 1. The predicted octanol–water partition coefficient (Wildman–Crippen LogP) is 2.58. The maximum Gasteiger partial charge on any atom is 0.124 e. The van der Waals surface area contributed by atoms with Gasteiger partial charge in [-0.25, -0.2) is 4.39 Å². The molecule has 108 valence electrons. The van der Waals surface area contributed by atoms with Gasteiger partial charge in [-0.3, -0.25) is 4.98 Å². The van der Waals surface area contributed by atoms with Crippen LogP contribution in [0.2, 0.25) is 0 Å². The zero-order valence-corrected chi connectivity index (χ0v) is 12.5. The summed E-state index contributed by atoms with van der Waals surface area (Å²) in [6.45, 7) is 2.67. The van der Waals surface area contributed by atoms with Gasteiger partial charge in [-0.15, -0.1) is 0 Å². The van der Waals surface area contributed by atoms with Gasteiger partial charge in [0, 0.05) is 29.4 Å². The Labute approximate surface area is 122 Å². The topological polar surface area (TPSA) is 45.1 Å². The van der Waals surface area contributed by atoms with Crippen LogP contribution in [0, 0.1) is 5.82 Å². The van der Waals surface area contributed by atoms with Crippen LogP contribution in [0.3, 0.4) is 0 Å². The molecule has 0 saturated carbocycles. The summed E-state index contributed by atoms with van der Waals surface area (Å²) in [5.41, 5.74) is 1.66. The van der Waals surface area contributed by atoms with Gasteiger partial charge in [0.1, 0.15) is 5.82 Å². The van der Waals surface area contributed by atoms with E-state index < -0.39 is 0 Å². The minimum atomic E-state index is -0.251. The van der Waals surface area contributed by atoms with Crippen molar-refractivity contribution in [3.63, 3.8) is 0 Å². The van der Waals surface area contributed by atoms with E-state index in [0.29, 0.717) is 6.54 Å². The first-order chi connectivity index (χ1) is 9.65. The Morgan fingerprint density at radius 2 is 2.25 bits per heavy atom. The number of hydrogen-bond acceptors (Lipinski definition) is 4. The van der Waals surface area contributed by atoms with Gasteiger partial charge >= 0.3 is 0 Å². The highest BCUT2D eigenvalue weighted by Crippen LogP contribution is 2.19. The second kappa shape index (κ2) is 7.02. The Morgan fingerprint density at radius 1 is 1.45 bits per heavy atom. The standard InChI is InChI=1S/C15H19FN2OS/c1-10(14(9-19)20-2)18-8-12-7-13(16)6-11-4-3-5-17-15(11)12/h3-7,10,14,18-19H,8-9H2,1-2H3. The minimum absolute atomic E-state index is 0.123. The number of rotatable bonds is 6. The monoisotopic (exact) mass is 294 g/mol. The smallest absolute Gasteiger partial charge is 0.124 e. The third-order valence-corrected chi connectivity index (χ3v) is 4.57. The van der Waals surface area contributed by atoms with Gasteiger partial charge in [0.25, 0.3) is 0 Å². The Kier molecular flexibility index (Phi) is 5.34. The van der Waals surface area contributed by atoms with Gasteiger partial charge in [-0.05, 0) is 36.9 Å². The number of benzene rings is 1. The van der Waals surface area contributed by atoms with E-state index >= 15 is 0 Å². The van der Waals surface area contributed by atoms with E-state index in [1.807, 2.05) is 19.2 Å². The lowest BCUT2D eigenvalue weighted by Gasteiger charge is -2.21. The van der Waals surface area contributed by atoms with Crippen molar-refractivity contribution >= 4 is 22.7 Å². The average molecular weight is 294 g/mol. The first kappa shape index (κ1) is 15.2. The molecule has 0 fully saturated rings. The molecule has 1 aromatic carbocycles. The van der Waals surface area contributed by atoms with Crippen molar-refractivity contribution < 1.29 is 9.50 Å². The summed E-state index contributed by atoms with van der Waals surface area (Å²) in [7, 11) is 0. The average Bonchev–Trinajstić information content (AvgIpc) is 2.45. The maximum absolute atomic E-state index is 13.6. The van der Waals surface area contributed by atoms with E-state index in [-0.39, 0.29) is 23.7 Å². The van der Waals surface area contributed by atoms with Crippen molar-refractivity contribution in [3.8, 4) is 0 Å². The fourth-order valence-electron chi connectivity index (χ4n) is 2.20. The summed E-state index contributed by atoms with van der Waals surface area (Å²) in [5, 5.41) is 13.5. The van der Waals surface area contributed by atoms with Crippen molar-refractivity contribution in [2.24, 2.45) is 0 Å². The summed E-state index contributed by atoms with van der Waals surface area (Å²) in [6.07, 6.45) is 3.68. The third-order valence-electron chi connectivity index (χ3n) is 3.40. The molecule has 5 heteroatoms. The highest BCUT2D eigenvalue weighted by Gasteiger charge is 2.15. The molecule has 2 rings (SSSR count). The molecular formula is C15H19FN2OS. The molecule has 0 aliphatic carbocycles. The predicted molar refractivity (Wildman–Crippen MR) is 82.4 cm³/mol. The van der Waals surface area contributed by atoms with Gasteiger partial charge in [0.2, 0.25) is 0 Å². The number of aliphatic hydroxyl groups is 1. The summed E-state index contributed by atoms with van der Waals surface area (Å²) in [4.78, 5) is 4.32. The van der Waals surface area contributed by atoms with E-state index in [9.17, 15) is 9.50 Å².